The predicted octanol–water partition coefficient (Wildman–Crippen LogP) is 1.76. The minimum atomic E-state index is -0.636. The zero-order valence-electron chi connectivity index (χ0n) is 11.0. The van der Waals surface area contributed by atoms with Gasteiger partial charge in [-0.2, -0.15) is 0 Å². The summed E-state index contributed by atoms with van der Waals surface area (Å²) in [5.41, 5.74) is 2.90. The Morgan fingerprint density at radius 3 is 2.95 bits per heavy atom. The number of carbonyl (C=O) groups is 1. The molecular formula is C14H18N2O3. The largest absolute Gasteiger partial charge is 0.365 e. The van der Waals surface area contributed by atoms with Gasteiger partial charge in [-0.25, -0.2) is 5.48 Å². The van der Waals surface area contributed by atoms with Gasteiger partial charge in [-0.15, -0.1) is 0 Å². The minimum absolute atomic E-state index is 0.145. The Morgan fingerprint density at radius 2 is 2.37 bits per heavy atom. The zero-order valence-corrected chi connectivity index (χ0v) is 11.0. The molecule has 3 rings (SSSR count). The van der Waals surface area contributed by atoms with E-state index in [1.807, 2.05) is 19.1 Å². The first-order valence-electron chi connectivity index (χ1n) is 6.70. The number of hydrogen-bond donors (Lipinski definition) is 1. The molecule has 2 fully saturated rings. The highest BCUT2D eigenvalue weighted by Crippen LogP contribution is 2.44. The van der Waals surface area contributed by atoms with Gasteiger partial charge in [0.25, 0.3) is 5.91 Å². The molecule has 1 N–H and O–H groups in total. The summed E-state index contributed by atoms with van der Waals surface area (Å²) in [6.45, 7) is 2.59. The van der Waals surface area contributed by atoms with E-state index in [2.05, 4.69) is 10.5 Å². The summed E-state index contributed by atoms with van der Waals surface area (Å²) < 4.78 is 5.64. The van der Waals surface area contributed by atoms with Crippen molar-refractivity contribution in [2.45, 2.75) is 37.9 Å². The van der Waals surface area contributed by atoms with Gasteiger partial charge in [-0.3, -0.25) is 14.6 Å². The second-order valence-electron chi connectivity index (χ2n) is 5.39. The molecule has 5 nitrogen and oxygen atoms in total. The molecule has 2 aliphatic rings. The first-order chi connectivity index (χ1) is 9.20. The third-order valence-corrected chi connectivity index (χ3v) is 4.09. The van der Waals surface area contributed by atoms with Crippen molar-refractivity contribution >= 4 is 5.91 Å². The summed E-state index contributed by atoms with van der Waals surface area (Å²) in [4.78, 5) is 21.6. The number of nitrogens with zero attached hydrogens (tertiary/aromatic N) is 1. The minimum Gasteiger partial charge on any atom is -0.365 e. The van der Waals surface area contributed by atoms with Gasteiger partial charge in [-0.05, 0) is 49.8 Å². The van der Waals surface area contributed by atoms with E-state index in [9.17, 15) is 4.79 Å². The number of hydrogen-bond acceptors (Lipinski definition) is 4. The Balaban J connectivity index is 1.56. The molecule has 102 valence electrons. The quantitative estimate of drug-likeness (QED) is 0.840. The monoisotopic (exact) mass is 262 g/mol. The van der Waals surface area contributed by atoms with Gasteiger partial charge in [0.2, 0.25) is 0 Å². The van der Waals surface area contributed by atoms with Crippen LogP contribution in [0.2, 0.25) is 0 Å². The summed E-state index contributed by atoms with van der Waals surface area (Å²) in [6, 6.07) is 3.74. The van der Waals surface area contributed by atoms with Crippen LogP contribution in [0.5, 0.6) is 0 Å². The summed E-state index contributed by atoms with van der Waals surface area (Å²) >= 11 is 0. The number of aromatic nitrogens is 1. The molecule has 0 aromatic carbocycles. The van der Waals surface area contributed by atoms with Crippen molar-refractivity contribution in [2.24, 2.45) is 5.92 Å². The molecule has 5 heteroatoms. The van der Waals surface area contributed by atoms with Crippen LogP contribution in [0, 0.1) is 5.92 Å². The van der Waals surface area contributed by atoms with E-state index in [0.29, 0.717) is 12.5 Å². The maximum absolute atomic E-state index is 12.2. The molecule has 19 heavy (non-hydrogen) atoms. The average Bonchev–Trinajstić information content (AvgIpc) is 3.07. The molecule has 1 aliphatic heterocycles. The Hall–Kier alpha value is -1.46. The highest BCUT2D eigenvalue weighted by atomic mass is 16.7. The van der Waals surface area contributed by atoms with Crippen LogP contribution in [-0.4, -0.2) is 23.1 Å². The number of ether oxygens (including phenoxy) is 1. The summed E-state index contributed by atoms with van der Waals surface area (Å²) in [5.74, 6) is 0.400. The molecule has 2 heterocycles. The van der Waals surface area contributed by atoms with E-state index >= 15 is 0 Å². The molecule has 2 unspecified atom stereocenters. The summed E-state index contributed by atoms with van der Waals surface area (Å²) in [7, 11) is 0. The zero-order chi connectivity index (χ0) is 13.3. The topological polar surface area (TPSA) is 60.5 Å². The van der Waals surface area contributed by atoms with Crippen molar-refractivity contribution in [1.29, 1.82) is 0 Å². The van der Waals surface area contributed by atoms with Crippen LogP contribution in [-0.2, 0) is 14.4 Å². The molecule has 1 amide bonds. The van der Waals surface area contributed by atoms with E-state index in [4.69, 9.17) is 9.57 Å². The fourth-order valence-electron chi connectivity index (χ4n) is 2.87. The fraction of sp³-hybridized carbons (Fsp3) is 0.571. The lowest BCUT2D eigenvalue weighted by Gasteiger charge is -2.25. The Kier molecular flexibility index (Phi) is 3.24. The van der Waals surface area contributed by atoms with Crippen LogP contribution in [0.1, 0.15) is 37.9 Å². The SMILES string of the molecule is C[C@H](ONC(=O)C12CCC(CO1)C2)c1ccncc1. The first kappa shape index (κ1) is 12.6. The third-order valence-electron chi connectivity index (χ3n) is 4.09. The van der Waals surface area contributed by atoms with Crippen LogP contribution in [0.3, 0.4) is 0 Å². The third kappa shape index (κ3) is 2.35. The molecule has 1 aliphatic carbocycles. The molecule has 0 spiro atoms. The van der Waals surface area contributed by atoms with Crippen LogP contribution >= 0.6 is 0 Å². The van der Waals surface area contributed by atoms with Gasteiger partial charge in [0.15, 0.2) is 0 Å². The maximum atomic E-state index is 12.2. The molecule has 1 aromatic heterocycles. The van der Waals surface area contributed by atoms with E-state index in [0.717, 1.165) is 24.8 Å². The Bertz CT molecular complexity index is 455. The molecular weight excluding hydrogens is 244 g/mol. The van der Waals surface area contributed by atoms with Crippen molar-refractivity contribution in [3.63, 3.8) is 0 Å². The Labute approximate surface area is 112 Å². The number of rotatable bonds is 4. The lowest BCUT2D eigenvalue weighted by Crippen LogP contribution is -2.45. The van der Waals surface area contributed by atoms with Gasteiger partial charge < -0.3 is 4.74 Å². The summed E-state index contributed by atoms with van der Waals surface area (Å²) in [6.07, 6.45) is 5.91. The van der Waals surface area contributed by atoms with Gasteiger partial charge in [0.1, 0.15) is 11.7 Å². The highest BCUT2D eigenvalue weighted by molar-refractivity contribution is 5.85. The first-order valence-corrected chi connectivity index (χ1v) is 6.70. The van der Waals surface area contributed by atoms with Crippen LogP contribution in [0.4, 0.5) is 0 Å². The lowest BCUT2D eigenvalue weighted by atomic mass is 10.0. The number of hydroxylamine groups is 1. The predicted molar refractivity (Wildman–Crippen MR) is 67.9 cm³/mol. The number of fused-ring (bicyclic) bond motifs is 2. The number of nitrogens with one attached hydrogen (secondary N) is 1. The van der Waals surface area contributed by atoms with Gasteiger partial charge in [-0.1, -0.05) is 0 Å². The van der Waals surface area contributed by atoms with Gasteiger partial charge >= 0.3 is 0 Å². The van der Waals surface area contributed by atoms with E-state index in [1.165, 1.54) is 0 Å². The van der Waals surface area contributed by atoms with Gasteiger partial charge in [0.05, 0.1) is 6.61 Å². The van der Waals surface area contributed by atoms with Crippen LogP contribution in [0.25, 0.3) is 0 Å². The van der Waals surface area contributed by atoms with Crippen molar-refractivity contribution in [3.05, 3.63) is 30.1 Å². The molecule has 0 radical (unpaired) electrons. The standard InChI is InChI=1S/C14H18N2O3/c1-10(12-3-6-15-7-4-12)19-16-13(17)14-5-2-11(8-14)9-18-14/h3-4,6-7,10-11H,2,5,8-9H2,1H3,(H,16,17)/t10-,11?,14?/m0/s1. The smallest absolute Gasteiger partial charge is 0.275 e. The van der Waals surface area contributed by atoms with Crippen molar-refractivity contribution in [1.82, 2.24) is 10.5 Å². The fourth-order valence-corrected chi connectivity index (χ4v) is 2.87. The van der Waals surface area contributed by atoms with E-state index < -0.39 is 5.60 Å². The summed E-state index contributed by atoms with van der Waals surface area (Å²) in [5, 5.41) is 0. The number of carbonyl (C=O) groups excluding carboxylic acids is 1. The van der Waals surface area contributed by atoms with Crippen molar-refractivity contribution in [2.75, 3.05) is 6.61 Å². The van der Waals surface area contributed by atoms with Gasteiger partial charge in [0, 0.05) is 12.4 Å². The molecule has 1 aromatic rings. The van der Waals surface area contributed by atoms with Crippen molar-refractivity contribution in [3.8, 4) is 0 Å². The van der Waals surface area contributed by atoms with Crippen molar-refractivity contribution < 1.29 is 14.4 Å². The average molecular weight is 262 g/mol. The molecule has 3 atom stereocenters. The number of amides is 1. The molecule has 1 saturated heterocycles. The number of pyridine rings is 1. The molecule has 2 bridgehead atoms. The highest BCUT2D eigenvalue weighted by Gasteiger charge is 2.52. The lowest BCUT2D eigenvalue weighted by molar-refractivity contribution is -0.160. The van der Waals surface area contributed by atoms with Crippen LogP contribution < -0.4 is 5.48 Å². The Morgan fingerprint density at radius 1 is 1.58 bits per heavy atom. The van der Waals surface area contributed by atoms with E-state index in [-0.39, 0.29) is 12.0 Å². The van der Waals surface area contributed by atoms with Crippen LogP contribution in [0.15, 0.2) is 24.5 Å². The normalized spacial score (nSPS) is 30.3. The molecule has 1 saturated carbocycles. The second-order valence-corrected chi connectivity index (χ2v) is 5.39. The maximum Gasteiger partial charge on any atom is 0.275 e. The van der Waals surface area contributed by atoms with E-state index in [1.54, 1.807) is 12.4 Å². The second kappa shape index (κ2) is 4.90.